The maximum atomic E-state index is 12.9. The molecule has 0 amide bonds. The number of aliphatic hydroxyl groups is 4. The Kier molecular flexibility index (Phi) is 5.56. The number of rotatable bonds is 4. The van der Waals surface area contributed by atoms with E-state index < -0.39 is 48.5 Å². The molecule has 2 aromatic carbocycles. The molecule has 0 bridgehead atoms. The molecule has 10 heteroatoms. The molecule has 1 fully saturated rings. The fraction of sp³-hybridized carbons (Fsp3) is 0.286. The highest BCUT2D eigenvalue weighted by Gasteiger charge is 2.44. The predicted octanol–water partition coefficient (Wildman–Crippen LogP) is 0.0499. The SMILES string of the molecule is O=c1c(-c2ccc(O)cc2)coc2cc(O[C@H]3O[C@@H](CO)[C@H](O)[C@@H](O)[C@@H]3O)cc(O)c12. The minimum Gasteiger partial charge on any atom is -0.508 e. The van der Waals surface area contributed by atoms with E-state index in [0.717, 1.165) is 6.07 Å². The number of fused-ring (bicyclic) bond motifs is 1. The highest BCUT2D eigenvalue weighted by molar-refractivity contribution is 5.88. The fourth-order valence-electron chi connectivity index (χ4n) is 3.41. The number of hydrogen-bond donors (Lipinski definition) is 6. The molecule has 1 aliphatic heterocycles. The summed E-state index contributed by atoms with van der Waals surface area (Å²) in [5, 5.41) is 58.8. The summed E-state index contributed by atoms with van der Waals surface area (Å²) >= 11 is 0. The van der Waals surface area contributed by atoms with Gasteiger partial charge in [0.05, 0.1) is 12.2 Å². The molecule has 1 aliphatic rings. The first kappa shape index (κ1) is 21.1. The third kappa shape index (κ3) is 3.82. The molecule has 3 aromatic rings. The van der Waals surface area contributed by atoms with Crippen molar-refractivity contribution in [3.8, 4) is 28.4 Å². The van der Waals surface area contributed by atoms with Crippen molar-refractivity contribution in [3.05, 3.63) is 52.9 Å². The molecule has 6 N–H and O–H groups in total. The van der Waals surface area contributed by atoms with Crippen molar-refractivity contribution in [3.63, 3.8) is 0 Å². The van der Waals surface area contributed by atoms with Gasteiger partial charge in [0.2, 0.25) is 11.7 Å². The summed E-state index contributed by atoms with van der Waals surface area (Å²) in [6, 6.07) is 8.29. The van der Waals surface area contributed by atoms with E-state index >= 15 is 0 Å². The largest absolute Gasteiger partial charge is 0.508 e. The van der Waals surface area contributed by atoms with Crippen molar-refractivity contribution < 1.29 is 44.5 Å². The molecule has 0 spiro atoms. The normalized spacial score (nSPS) is 26.1. The van der Waals surface area contributed by atoms with Gasteiger partial charge in [-0.15, -0.1) is 0 Å². The Balaban J connectivity index is 1.68. The molecule has 1 aromatic heterocycles. The van der Waals surface area contributed by atoms with E-state index in [4.69, 9.17) is 13.9 Å². The number of aliphatic hydroxyl groups excluding tert-OH is 4. The van der Waals surface area contributed by atoms with Gasteiger partial charge in [-0.25, -0.2) is 0 Å². The minimum absolute atomic E-state index is 0.00730. The summed E-state index contributed by atoms with van der Waals surface area (Å²) in [5.41, 5.74) is 0.135. The van der Waals surface area contributed by atoms with Crippen LogP contribution in [0.3, 0.4) is 0 Å². The molecule has 5 atom stereocenters. The van der Waals surface area contributed by atoms with Crippen molar-refractivity contribution in [2.24, 2.45) is 0 Å². The Morgan fingerprint density at radius 3 is 2.35 bits per heavy atom. The zero-order valence-electron chi connectivity index (χ0n) is 16.0. The van der Waals surface area contributed by atoms with Crippen LogP contribution in [0.1, 0.15) is 0 Å². The lowest BCUT2D eigenvalue weighted by atomic mass is 9.99. The van der Waals surface area contributed by atoms with Crippen molar-refractivity contribution in [1.29, 1.82) is 0 Å². The van der Waals surface area contributed by atoms with Crippen LogP contribution in [0.25, 0.3) is 22.1 Å². The van der Waals surface area contributed by atoms with Gasteiger partial charge in [-0.05, 0) is 17.7 Å². The molecule has 1 saturated heterocycles. The van der Waals surface area contributed by atoms with Crippen molar-refractivity contribution in [2.45, 2.75) is 30.7 Å². The molecule has 10 nitrogen and oxygen atoms in total. The summed E-state index contributed by atoms with van der Waals surface area (Å²) in [5.74, 6) is -0.465. The molecular formula is C21H20O10. The summed E-state index contributed by atoms with van der Waals surface area (Å²) < 4.78 is 16.2. The summed E-state index contributed by atoms with van der Waals surface area (Å²) in [6.45, 7) is -0.622. The second-order valence-corrected chi connectivity index (χ2v) is 7.16. The van der Waals surface area contributed by atoms with Crippen LogP contribution in [-0.2, 0) is 4.74 Å². The standard InChI is InChI=1S/C21H20O10/c22-7-15-18(26)19(27)20(28)21(31-15)30-11-5-13(24)16-14(6-11)29-8-12(17(16)25)9-1-3-10(23)4-2-9/h1-6,8,15,18-24,26-28H,7H2/t15-,18-,19+,20-,21-/m0/s1. The van der Waals surface area contributed by atoms with Crippen LogP contribution in [0.5, 0.6) is 17.2 Å². The quantitative estimate of drug-likeness (QED) is 0.331. The lowest BCUT2D eigenvalue weighted by Crippen LogP contribution is -2.60. The topological polar surface area (TPSA) is 170 Å². The van der Waals surface area contributed by atoms with E-state index in [1.807, 2.05) is 0 Å². The van der Waals surface area contributed by atoms with Crippen LogP contribution >= 0.6 is 0 Å². The van der Waals surface area contributed by atoms with Crippen molar-refractivity contribution in [1.82, 2.24) is 0 Å². The van der Waals surface area contributed by atoms with E-state index in [1.165, 1.54) is 36.6 Å². The highest BCUT2D eigenvalue weighted by Crippen LogP contribution is 2.32. The Morgan fingerprint density at radius 2 is 1.68 bits per heavy atom. The van der Waals surface area contributed by atoms with Crippen LogP contribution in [0.4, 0.5) is 0 Å². The monoisotopic (exact) mass is 432 g/mol. The van der Waals surface area contributed by atoms with Gasteiger partial charge < -0.3 is 44.5 Å². The second-order valence-electron chi connectivity index (χ2n) is 7.16. The molecular weight excluding hydrogens is 412 g/mol. The van der Waals surface area contributed by atoms with Gasteiger partial charge in [0.25, 0.3) is 0 Å². The average Bonchev–Trinajstić information content (AvgIpc) is 2.75. The fourth-order valence-corrected chi connectivity index (χ4v) is 3.41. The molecule has 4 rings (SSSR count). The van der Waals surface area contributed by atoms with Crippen LogP contribution in [-0.4, -0.2) is 68.0 Å². The van der Waals surface area contributed by atoms with Crippen molar-refractivity contribution >= 4 is 11.0 Å². The molecule has 2 heterocycles. The second kappa shape index (κ2) is 8.17. The highest BCUT2D eigenvalue weighted by atomic mass is 16.7. The first-order valence-corrected chi connectivity index (χ1v) is 9.35. The summed E-state index contributed by atoms with van der Waals surface area (Å²) in [6.07, 6.45) is -6.23. The molecule has 0 unspecified atom stereocenters. The lowest BCUT2D eigenvalue weighted by Gasteiger charge is -2.39. The molecule has 0 radical (unpaired) electrons. The van der Waals surface area contributed by atoms with E-state index in [9.17, 15) is 35.4 Å². The van der Waals surface area contributed by atoms with Gasteiger partial charge in [-0.2, -0.15) is 0 Å². The van der Waals surface area contributed by atoms with Crippen LogP contribution < -0.4 is 10.2 Å². The number of aromatic hydroxyl groups is 2. The Bertz CT molecular complexity index is 1140. The van der Waals surface area contributed by atoms with Gasteiger partial charge in [0.15, 0.2) is 0 Å². The first-order chi connectivity index (χ1) is 14.8. The van der Waals surface area contributed by atoms with Crippen molar-refractivity contribution in [2.75, 3.05) is 6.61 Å². The number of ether oxygens (including phenoxy) is 2. The number of benzene rings is 2. The van der Waals surface area contributed by atoms with Crippen LogP contribution in [0, 0.1) is 0 Å². The number of phenols is 2. The van der Waals surface area contributed by atoms with E-state index in [-0.39, 0.29) is 28.0 Å². The molecule has 0 aliphatic carbocycles. The first-order valence-electron chi connectivity index (χ1n) is 9.35. The van der Waals surface area contributed by atoms with Crippen LogP contribution in [0.15, 0.2) is 51.9 Å². The minimum atomic E-state index is -1.64. The van der Waals surface area contributed by atoms with Gasteiger partial charge >= 0.3 is 0 Å². The van der Waals surface area contributed by atoms with Gasteiger partial charge in [-0.3, -0.25) is 4.79 Å². The molecule has 164 valence electrons. The predicted molar refractivity (Wildman–Crippen MR) is 106 cm³/mol. The number of phenolic OH excluding ortho intramolecular Hbond substituents is 2. The average molecular weight is 432 g/mol. The van der Waals surface area contributed by atoms with E-state index in [1.54, 1.807) is 0 Å². The van der Waals surface area contributed by atoms with E-state index in [0.29, 0.717) is 5.56 Å². The van der Waals surface area contributed by atoms with Gasteiger partial charge in [0.1, 0.15) is 58.9 Å². The Hall–Kier alpha value is -3.15. The Labute approximate surface area is 174 Å². The van der Waals surface area contributed by atoms with Crippen LogP contribution in [0.2, 0.25) is 0 Å². The smallest absolute Gasteiger partial charge is 0.229 e. The molecule has 0 saturated carbocycles. The maximum absolute atomic E-state index is 12.9. The summed E-state index contributed by atoms with van der Waals surface area (Å²) in [7, 11) is 0. The van der Waals surface area contributed by atoms with E-state index in [2.05, 4.69) is 0 Å². The third-order valence-corrected chi connectivity index (χ3v) is 5.11. The zero-order valence-corrected chi connectivity index (χ0v) is 16.0. The zero-order chi connectivity index (χ0) is 22.3. The van der Waals surface area contributed by atoms with Gasteiger partial charge in [-0.1, -0.05) is 12.1 Å². The third-order valence-electron chi connectivity index (χ3n) is 5.11. The summed E-state index contributed by atoms with van der Waals surface area (Å²) in [4.78, 5) is 12.9. The Morgan fingerprint density at radius 1 is 0.968 bits per heavy atom. The lowest BCUT2D eigenvalue weighted by molar-refractivity contribution is -0.277. The van der Waals surface area contributed by atoms with Gasteiger partial charge in [0, 0.05) is 12.1 Å². The molecule has 31 heavy (non-hydrogen) atoms. The maximum Gasteiger partial charge on any atom is 0.229 e. The number of hydrogen-bond acceptors (Lipinski definition) is 10.